The number of ether oxygens (including phenoxy) is 1. The first kappa shape index (κ1) is 25.6. The van der Waals surface area contributed by atoms with E-state index in [2.05, 4.69) is 16.0 Å². The predicted molar refractivity (Wildman–Crippen MR) is 113 cm³/mol. The summed E-state index contributed by atoms with van der Waals surface area (Å²) in [4.78, 5) is 26.4. The smallest absolute Gasteiger partial charge is 0.256 e. The third-order valence-electron chi connectivity index (χ3n) is 4.43. The molecule has 1 heterocycles. The fourth-order valence-corrected chi connectivity index (χ4v) is 2.79. The van der Waals surface area contributed by atoms with Crippen molar-refractivity contribution in [3.63, 3.8) is 0 Å². The molecule has 154 valence electrons. The van der Waals surface area contributed by atoms with E-state index in [0.29, 0.717) is 37.2 Å². The number of anilines is 2. The summed E-state index contributed by atoms with van der Waals surface area (Å²) in [5, 5.41) is 8.99. The first-order valence-electron chi connectivity index (χ1n) is 8.57. The summed E-state index contributed by atoms with van der Waals surface area (Å²) in [6, 6.07) is 7.13. The average molecular weight is 421 g/mol. The maximum atomic E-state index is 12.6. The molecule has 1 saturated heterocycles. The number of piperidine rings is 1. The van der Waals surface area contributed by atoms with E-state index in [1.807, 2.05) is 19.0 Å². The Bertz CT molecular complexity index is 591. The number of methoxy groups -OCH3 is 1. The van der Waals surface area contributed by atoms with Crippen molar-refractivity contribution in [2.45, 2.75) is 24.9 Å². The number of halogens is 2. The third kappa shape index (κ3) is 7.63. The first-order chi connectivity index (χ1) is 11.9. The summed E-state index contributed by atoms with van der Waals surface area (Å²) in [6.45, 7) is 2.23. The number of nitrogens with one attached hydrogen (secondary N) is 3. The van der Waals surface area contributed by atoms with Gasteiger partial charge in [0.1, 0.15) is 5.60 Å². The Hall–Kier alpha value is -1.38. The van der Waals surface area contributed by atoms with Crippen LogP contribution in [0.15, 0.2) is 24.3 Å². The molecule has 1 aliphatic rings. The standard InChI is InChI=1S/C18H28N4O3.2ClH/c1-22(2)13-8-16(23)20-14-4-6-15(7-5-14)21-17(24)18(25-3)9-11-19-12-10-18;;/h4-7,19H,8-13H2,1-3H3,(H,20,23)(H,21,24);2*1H. The molecular formula is C18H30Cl2N4O3. The fraction of sp³-hybridized carbons (Fsp3) is 0.556. The van der Waals surface area contributed by atoms with Crippen molar-refractivity contribution >= 4 is 48.0 Å². The second-order valence-electron chi connectivity index (χ2n) is 6.58. The van der Waals surface area contributed by atoms with E-state index in [1.165, 1.54) is 0 Å². The molecule has 3 N–H and O–H groups in total. The molecule has 1 fully saturated rings. The molecule has 0 aromatic heterocycles. The lowest BCUT2D eigenvalue weighted by Crippen LogP contribution is -2.51. The number of amides is 2. The number of carbonyl (C=O) groups excluding carboxylic acids is 2. The number of carbonyl (C=O) groups is 2. The Balaban J connectivity index is 0.00000338. The summed E-state index contributed by atoms with van der Waals surface area (Å²) in [7, 11) is 5.44. The molecule has 1 aromatic rings. The number of hydrogen-bond acceptors (Lipinski definition) is 5. The minimum atomic E-state index is -0.773. The van der Waals surface area contributed by atoms with Gasteiger partial charge < -0.3 is 25.6 Å². The van der Waals surface area contributed by atoms with E-state index in [9.17, 15) is 9.59 Å². The minimum absolute atomic E-state index is 0. The Kier molecular flexibility index (Phi) is 11.5. The van der Waals surface area contributed by atoms with Gasteiger partial charge in [-0.2, -0.15) is 0 Å². The van der Waals surface area contributed by atoms with Crippen LogP contribution in [0.2, 0.25) is 0 Å². The Morgan fingerprint density at radius 3 is 2.07 bits per heavy atom. The van der Waals surface area contributed by atoms with Crippen LogP contribution in [0.4, 0.5) is 11.4 Å². The van der Waals surface area contributed by atoms with Gasteiger partial charge in [-0.1, -0.05) is 0 Å². The highest BCUT2D eigenvalue weighted by Gasteiger charge is 2.39. The highest BCUT2D eigenvalue weighted by atomic mass is 35.5. The molecule has 0 saturated carbocycles. The Labute approximate surface area is 173 Å². The van der Waals surface area contributed by atoms with Crippen molar-refractivity contribution in [1.29, 1.82) is 0 Å². The summed E-state index contributed by atoms with van der Waals surface area (Å²) < 4.78 is 5.52. The van der Waals surface area contributed by atoms with Crippen LogP contribution in [0.25, 0.3) is 0 Å². The van der Waals surface area contributed by atoms with Gasteiger partial charge in [0.15, 0.2) is 0 Å². The van der Waals surface area contributed by atoms with E-state index in [4.69, 9.17) is 4.74 Å². The summed E-state index contributed by atoms with van der Waals surface area (Å²) in [6.07, 6.45) is 1.74. The van der Waals surface area contributed by atoms with Crippen molar-refractivity contribution in [2.75, 3.05) is 51.5 Å². The lowest BCUT2D eigenvalue weighted by atomic mass is 9.91. The van der Waals surface area contributed by atoms with Crippen molar-refractivity contribution < 1.29 is 14.3 Å². The van der Waals surface area contributed by atoms with Crippen LogP contribution in [0.3, 0.4) is 0 Å². The highest BCUT2D eigenvalue weighted by molar-refractivity contribution is 5.98. The Morgan fingerprint density at radius 2 is 1.59 bits per heavy atom. The second-order valence-corrected chi connectivity index (χ2v) is 6.58. The lowest BCUT2D eigenvalue weighted by Gasteiger charge is -2.34. The normalized spacial score (nSPS) is 15.3. The monoisotopic (exact) mass is 420 g/mol. The van der Waals surface area contributed by atoms with Crippen molar-refractivity contribution in [2.24, 2.45) is 0 Å². The predicted octanol–water partition coefficient (Wildman–Crippen LogP) is 2.13. The molecule has 27 heavy (non-hydrogen) atoms. The summed E-state index contributed by atoms with van der Waals surface area (Å²) in [5.41, 5.74) is 0.626. The molecular weight excluding hydrogens is 391 g/mol. The molecule has 0 atom stereocenters. The van der Waals surface area contributed by atoms with Gasteiger partial charge in [0, 0.05) is 31.5 Å². The molecule has 7 nitrogen and oxygen atoms in total. The number of benzene rings is 1. The van der Waals surface area contributed by atoms with Crippen LogP contribution in [-0.2, 0) is 14.3 Å². The molecule has 1 aliphatic heterocycles. The highest BCUT2D eigenvalue weighted by Crippen LogP contribution is 2.25. The van der Waals surface area contributed by atoms with Crippen LogP contribution >= 0.6 is 24.8 Å². The van der Waals surface area contributed by atoms with Gasteiger partial charge in [-0.25, -0.2) is 0 Å². The van der Waals surface area contributed by atoms with E-state index < -0.39 is 5.60 Å². The van der Waals surface area contributed by atoms with E-state index in [0.717, 1.165) is 13.1 Å². The average Bonchev–Trinajstić information content (AvgIpc) is 2.62. The third-order valence-corrected chi connectivity index (χ3v) is 4.43. The first-order valence-corrected chi connectivity index (χ1v) is 8.57. The van der Waals surface area contributed by atoms with Crippen LogP contribution in [0.5, 0.6) is 0 Å². The molecule has 0 spiro atoms. The van der Waals surface area contributed by atoms with Gasteiger partial charge in [0.25, 0.3) is 5.91 Å². The van der Waals surface area contributed by atoms with E-state index >= 15 is 0 Å². The topological polar surface area (TPSA) is 82.7 Å². The lowest BCUT2D eigenvalue weighted by molar-refractivity contribution is -0.140. The van der Waals surface area contributed by atoms with E-state index in [-0.39, 0.29) is 36.6 Å². The fourth-order valence-electron chi connectivity index (χ4n) is 2.79. The molecule has 0 aliphatic carbocycles. The van der Waals surface area contributed by atoms with Crippen LogP contribution in [0, 0.1) is 0 Å². The summed E-state index contributed by atoms with van der Waals surface area (Å²) in [5.74, 6) is -0.155. The molecule has 1 aromatic carbocycles. The molecule has 2 rings (SSSR count). The van der Waals surface area contributed by atoms with E-state index in [1.54, 1.807) is 31.4 Å². The zero-order valence-corrected chi connectivity index (χ0v) is 17.7. The molecule has 9 heteroatoms. The van der Waals surface area contributed by atoms with Gasteiger partial charge in [0.2, 0.25) is 5.91 Å². The SMILES string of the molecule is COC1(C(=O)Nc2ccc(NC(=O)CCN(C)C)cc2)CCNCC1.Cl.Cl. The van der Waals surface area contributed by atoms with Crippen LogP contribution in [0.1, 0.15) is 19.3 Å². The molecule has 0 radical (unpaired) electrons. The number of nitrogens with zero attached hydrogens (tertiary/aromatic N) is 1. The van der Waals surface area contributed by atoms with Crippen molar-refractivity contribution in [3.05, 3.63) is 24.3 Å². The zero-order valence-electron chi connectivity index (χ0n) is 16.0. The number of hydrogen-bond donors (Lipinski definition) is 3. The largest absolute Gasteiger partial charge is 0.368 e. The van der Waals surface area contributed by atoms with Gasteiger partial charge in [-0.3, -0.25) is 9.59 Å². The zero-order chi connectivity index (χ0) is 18.3. The van der Waals surface area contributed by atoms with Gasteiger partial charge in [-0.15, -0.1) is 24.8 Å². The second kappa shape index (κ2) is 12.2. The molecule has 2 amide bonds. The molecule has 0 unspecified atom stereocenters. The maximum absolute atomic E-state index is 12.6. The van der Waals surface area contributed by atoms with Crippen LogP contribution < -0.4 is 16.0 Å². The van der Waals surface area contributed by atoms with Crippen molar-refractivity contribution in [3.8, 4) is 0 Å². The number of rotatable bonds is 7. The van der Waals surface area contributed by atoms with Gasteiger partial charge in [-0.05, 0) is 64.3 Å². The van der Waals surface area contributed by atoms with Crippen molar-refractivity contribution in [1.82, 2.24) is 10.2 Å². The maximum Gasteiger partial charge on any atom is 0.256 e. The van der Waals surface area contributed by atoms with Crippen LogP contribution in [-0.4, -0.2) is 63.2 Å². The Morgan fingerprint density at radius 1 is 1.07 bits per heavy atom. The minimum Gasteiger partial charge on any atom is -0.368 e. The quantitative estimate of drug-likeness (QED) is 0.629. The summed E-state index contributed by atoms with van der Waals surface area (Å²) >= 11 is 0. The molecule has 0 bridgehead atoms. The van der Waals surface area contributed by atoms with Gasteiger partial charge in [0.05, 0.1) is 0 Å². The van der Waals surface area contributed by atoms with Gasteiger partial charge >= 0.3 is 0 Å².